The second-order valence-electron chi connectivity index (χ2n) is 7.41. The summed E-state index contributed by atoms with van der Waals surface area (Å²) in [6.07, 6.45) is 1.90. The van der Waals surface area contributed by atoms with E-state index in [4.69, 9.17) is 28.2 Å². The van der Waals surface area contributed by atoms with Crippen molar-refractivity contribution in [2.24, 2.45) is 0 Å². The first kappa shape index (κ1) is 23.8. The molecule has 4 aromatic rings. The fourth-order valence-electron chi connectivity index (χ4n) is 3.48. The summed E-state index contributed by atoms with van der Waals surface area (Å²) < 4.78 is 1.59. The lowest BCUT2D eigenvalue weighted by Crippen LogP contribution is -2.22. The number of aromatic nitrogens is 2. The number of nitrogens with one attached hydrogen (secondary N) is 1. The Labute approximate surface area is 209 Å². The van der Waals surface area contributed by atoms with Gasteiger partial charge in [-0.15, -0.1) is 11.3 Å². The molecule has 0 bridgehead atoms. The van der Waals surface area contributed by atoms with Gasteiger partial charge in [0.25, 0.3) is 5.56 Å². The molecule has 0 aliphatic rings. The first-order valence-electron chi connectivity index (χ1n) is 10.4. The number of benzene rings is 2. The quantitative estimate of drug-likeness (QED) is 0.217. The molecule has 0 saturated carbocycles. The summed E-state index contributed by atoms with van der Waals surface area (Å²) in [5, 5.41) is 4.76. The summed E-state index contributed by atoms with van der Waals surface area (Å²) >= 11 is 14.9. The predicted molar refractivity (Wildman–Crippen MR) is 140 cm³/mol. The predicted octanol–water partition coefficient (Wildman–Crippen LogP) is 6.75. The van der Waals surface area contributed by atoms with Crippen LogP contribution in [0.2, 0.25) is 10.0 Å². The number of carbonyl (C=O) groups excluding carboxylic acids is 1. The molecule has 2 heterocycles. The van der Waals surface area contributed by atoms with Crippen LogP contribution in [-0.2, 0) is 11.2 Å². The molecule has 0 saturated heterocycles. The van der Waals surface area contributed by atoms with Crippen LogP contribution in [0, 0.1) is 6.92 Å². The number of halogens is 2. The highest BCUT2D eigenvalue weighted by atomic mass is 35.5. The average Bonchev–Trinajstić information content (AvgIpc) is 3.10. The van der Waals surface area contributed by atoms with E-state index >= 15 is 0 Å². The van der Waals surface area contributed by atoms with Gasteiger partial charge in [0.05, 0.1) is 27.5 Å². The number of aryl methyl sites for hydroxylation is 2. The van der Waals surface area contributed by atoms with Crippen LogP contribution in [0.4, 0.5) is 5.69 Å². The fourth-order valence-corrected chi connectivity index (χ4v) is 6.07. The summed E-state index contributed by atoms with van der Waals surface area (Å²) in [7, 11) is 0. The van der Waals surface area contributed by atoms with Crippen LogP contribution in [0.3, 0.4) is 0 Å². The fraction of sp³-hybridized carbons (Fsp3) is 0.208. The van der Waals surface area contributed by atoms with Crippen molar-refractivity contribution in [2.45, 2.75) is 31.8 Å². The van der Waals surface area contributed by atoms with E-state index in [1.807, 2.05) is 37.3 Å². The van der Waals surface area contributed by atoms with E-state index < -0.39 is 0 Å². The Balaban J connectivity index is 1.69. The van der Waals surface area contributed by atoms with Crippen molar-refractivity contribution in [3.63, 3.8) is 0 Å². The van der Waals surface area contributed by atoms with E-state index in [1.54, 1.807) is 34.1 Å². The highest BCUT2D eigenvalue weighted by Crippen LogP contribution is 2.31. The summed E-state index contributed by atoms with van der Waals surface area (Å²) in [4.78, 5) is 32.9. The largest absolute Gasteiger partial charge is 0.324 e. The third-order valence-corrected chi connectivity index (χ3v) is 7.79. The molecule has 0 atom stereocenters. The smallest absolute Gasteiger partial charge is 0.267 e. The van der Waals surface area contributed by atoms with E-state index in [0.29, 0.717) is 36.8 Å². The molecule has 0 aliphatic carbocycles. The number of hydrogen-bond donors (Lipinski definition) is 1. The SMILES string of the molecule is CCCc1sc2nc(SCC(=O)Nc3ccc(Cl)cc3Cl)n(-c3ccccc3)c(=O)c2c1C. The van der Waals surface area contributed by atoms with Crippen LogP contribution in [0.15, 0.2) is 58.5 Å². The second-order valence-corrected chi connectivity index (χ2v) is 10.3. The number of hydrogen-bond acceptors (Lipinski definition) is 5. The molecule has 0 fully saturated rings. The number of carbonyl (C=O) groups is 1. The molecule has 0 radical (unpaired) electrons. The van der Waals surface area contributed by atoms with Gasteiger partial charge in [0.2, 0.25) is 5.91 Å². The van der Waals surface area contributed by atoms with Gasteiger partial charge < -0.3 is 5.32 Å². The number of anilines is 1. The van der Waals surface area contributed by atoms with Crippen molar-refractivity contribution in [3.8, 4) is 5.69 Å². The molecule has 33 heavy (non-hydrogen) atoms. The van der Waals surface area contributed by atoms with Gasteiger partial charge >= 0.3 is 0 Å². The van der Waals surface area contributed by atoms with E-state index in [0.717, 1.165) is 18.4 Å². The minimum Gasteiger partial charge on any atom is -0.324 e. The number of nitrogens with zero attached hydrogens (tertiary/aromatic N) is 2. The number of rotatable bonds is 7. The number of para-hydroxylation sites is 1. The van der Waals surface area contributed by atoms with Gasteiger partial charge in [0.1, 0.15) is 4.83 Å². The highest BCUT2D eigenvalue weighted by molar-refractivity contribution is 7.99. The maximum Gasteiger partial charge on any atom is 0.267 e. The molecule has 0 unspecified atom stereocenters. The van der Waals surface area contributed by atoms with Gasteiger partial charge in [-0.3, -0.25) is 14.2 Å². The molecule has 4 rings (SSSR count). The maximum atomic E-state index is 13.6. The van der Waals surface area contributed by atoms with Gasteiger partial charge in [0.15, 0.2) is 5.16 Å². The molecule has 1 amide bonds. The molecular formula is C24H21Cl2N3O2S2. The Morgan fingerprint density at radius 3 is 2.64 bits per heavy atom. The van der Waals surface area contributed by atoms with Crippen molar-refractivity contribution in [2.75, 3.05) is 11.1 Å². The second kappa shape index (κ2) is 10.3. The Bertz CT molecular complexity index is 1380. The molecule has 5 nitrogen and oxygen atoms in total. The van der Waals surface area contributed by atoms with E-state index in [2.05, 4.69) is 12.2 Å². The maximum absolute atomic E-state index is 13.6. The van der Waals surface area contributed by atoms with Crippen molar-refractivity contribution in [1.29, 1.82) is 0 Å². The standard InChI is InChI=1S/C24H21Cl2N3O2S2/c1-3-7-19-14(2)21-22(33-19)28-24(29(23(21)31)16-8-5-4-6-9-16)32-13-20(30)27-18-11-10-15(25)12-17(18)26/h4-6,8-12H,3,7,13H2,1-2H3,(H,27,30). The van der Waals surface area contributed by atoms with Gasteiger partial charge in [-0.2, -0.15) is 0 Å². The molecular weight excluding hydrogens is 497 g/mol. The Kier molecular flexibility index (Phi) is 7.44. The van der Waals surface area contributed by atoms with Crippen LogP contribution < -0.4 is 10.9 Å². The first-order valence-corrected chi connectivity index (χ1v) is 12.9. The number of amides is 1. The Morgan fingerprint density at radius 2 is 1.94 bits per heavy atom. The number of fused-ring (bicyclic) bond motifs is 1. The lowest BCUT2D eigenvalue weighted by Gasteiger charge is -2.12. The molecule has 9 heteroatoms. The molecule has 1 N–H and O–H groups in total. The zero-order valence-electron chi connectivity index (χ0n) is 18.0. The van der Waals surface area contributed by atoms with E-state index in [-0.39, 0.29) is 17.2 Å². The van der Waals surface area contributed by atoms with Gasteiger partial charge in [-0.1, -0.05) is 66.5 Å². The molecule has 0 spiro atoms. The van der Waals surface area contributed by atoms with Crippen LogP contribution >= 0.6 is 46.3 Å². The summed E-state index contributed by atoms with van der Waals surface area (Å²) in [6, 6.07) is 14.2. The van der Waals surface area contributed by atoms with E-state index in [9.17, 15) is 9.59 Å². The van der Waals surface area contributed by atoms with Crippen LogP contribution in [0.1, 0.15) is 23.8 Å². The third-order valence-electron chi connectivity index (χ3n) is 5.06. The van der Waals surface area contributed by atoms with Crippen LogP contribution in [-0.4, -0.2) is 21.2 Å². The van der Waals surface area contributed by atoms with Crippen molar-refractivity contribution >= 4 is 68.1 Å². The summed E-state index contributed by atoms with van der Waals surface area (Å²) in [5.41, 5.74) is 2.06. The van der Waals surface area contributed by atoms with Crippen molar-refractivity contribution in [3.05, 3.63) is 79.4 Å². The zero-order chi connectivity index (χ0) is 23.5. The normalized spacial score (nSPS) is 11.2. The highest BCUT2D eigenvalue weighted by Gasteiger charge is 2.20. The monoisotopic (exact) mass is 517 g/mol. The minimum atomic E-state index is -0.257. The van der Waals surface area contributed by atoms with Gasteiger partial charge in [-0.05, 0) is 49.2 Å². The van der Waals surface area contributed by atoms with Crippen molar-refractivity contribution < 1.29 is 4.79 Å². The third kappa shape index (κ3) is 5.11. The Morgan fingerprint density at radius 1 is 1.18 bits per heavy atom. The molecule has 170 valence electrons. The van der Waals surface area contributed by atoms with E-state index in [1.165, 1.54) is 16.6 Å². The van der Waals surface area contributed by atoms with Crippen LogP contribution in [0.25, 0.3) is 15.9 Å². The summed E-state index contributed by atoms with van der Waals surface area (Å²) in [5.74, 6) is -0.192. The molecule has 0 aliphatic heterocycles. The minimum absolute atomic E-state index is 0.0654. The first-order chi connectivity index (χ1) is 15.9. The average molecular weight is 518 g/mol. The number of thiophene rings is 1. The lowest BCUT2D eigenvalue weighted by molar-refractivity contribution is -0.113. The molecule has 2 aromatic carbocycles. The molecule has 2 aromatic heterocycles. The summed E-state index contributed by atoms with van der Waals surface area (Å²) in [6.45, 7) is 4.10. The van der Waals surface area contributed by atoms with Crippen molar-refractivity contribution in [1.82, 2.24) is 9.55 Å². The lowest BCUT2D eigenvalue weighted by atomic mass is 10.1. The van der Waals surface area contributed by atoms with Crippen LogP contribution in [0.5, 0.6) is 0 Å². The van der Waals surface area contributed by atoms with Gasteiger partial charge in [-0.25, -0.2) is 4.98 Å². The Hall–Kier alpha value is -2.32. The number of thioether (sulfide) groups is 1. The van der Waals surface area contributed by atoms with Gasteiger partial charge in [0, 0.05) is 9.90 Å². The topological polar surface area (TPSA) is 64.0 Å². The zero-order valence-corrected chi connectivity index (χ0v) is 21.2.